The lowest BCUT2D eigenvalue weighted by Crippen LogP contribution is -2.07. The zero-order valence-electron chi connectivity index (χ0n) is 15.4. The quantitative estimate of drug-likeness (QED) is 0.509. The second-order valence-electron chi connectivity index (χ2n) is 6.30. The number of hydrogen-bond donors (Lipinski definition) is 2. The normalized spacial score (nSPS) is 10.6. The first kappa shape index (κ1) is 17.8. The van der Waals surface area contributed by atoms with Crippen molar-refractivity contribution in [2.24, 2.45) is 0 Å². The van der Waals surface area contributed by atoms with E-state index in [9.17, 15) is 4.79 Å². The predicted molar refractivity (Wildman–Crippen MR) is 106 cm³/mol. The number of carbonyl (C=O) groups is 1. The smallest absolute Gasteiger partial charge is 0.310 e. The van der Waals surface area contributed by atoms with Gasteiger partial charge in [-0.2, -0.15) is 0 Å². The van der Waals surface area contributed by atoms with Crippen LogP contribution in [0.3, 0.4) is 0 Å². The zero-order chi connectivity index (χ0) is 18.5. The van der Waals surface area contributed by atoms with Crippen molar-refractivity contribution in [1.29, 1.82) is 0 Å². The Hall–Kier alpha value is -3.01. The maximum Gasteiger partial charge on any atom is 0.310 e. The van der Waals surface area contributed by atoms with Crippen LogP contribution in [-0.2, 0) is 16.0 Å². The Morgan fingerprint density at radius 2 is 1.65 bits per heavy atom. The Kier molecular flexibility index (Phi) is 5.42. The summed E-state index contributed by atoms with van der Waals surface area (Å²) in [5.74, 6) is -0.171. The summed E-state index contributed by atoms with van der Waals surface area (Å²) in [5, 5.41) is 2.40. The Morgan fingerprint density at radius 3 is 2.38 bits per heavy atom. The van der Waals surface area contributed by atoms with E-state index in [4.69, 9.17) is 4.74 Å². The molecule has 0 saturated heterocycles. The van der Waals surface area contributed by atoms with Gasteiger partial charge in [-0.1, -0.05) is 36.4 Å². The minimum absolute atomic E-state index is 0.171. The molecule has 0 aliphatic rings. The van der Waals surface area contributed by atoms with E-state index in [-0.39, 0.29) is 5.97 Å². The van der Waals surface area contributed by atoms with Crippen LogP contribution in [0.25, 0.3) is 21.8 Å². The summed E-state index contributed by atoms with van der Waals surface area (Å²) in [6.45, 7) is 6.30. The number of fused-ring (bicyclic) bond motifs is 2. The van der Waals surface area contributed by atoms with Crippen LogP contribution < -0.4 is 0 Å². The number of ether oxygens (including phenoxy) is 1. The first-order valence-electron chi connectivity index (χ1n) is 8.84. The molecule has 0 spiro atoms. The number of aromatic nitrogens is 2. The van der Waals surface area contributed by atoms with Crippen LogP contribution in [0.5, 0.6) is 0 Å². The average Bonchev–Trinajstić information content (AvgIpc) is 3.15. The standard InChI is InChI=1S/C13H15NO2.C9H9N/c1-3-16-13(15)8-11-9(2)14-12-7-5-4-6-10(11)12;1-7-6-8-4-2-3-5-9(8)10-7/h4-7,14H,3,8H2,1-2H3;2-6,10H,1H3. The van der Waals surface area contributed by atoms with Crippen molar-refractivity contribution in [3.63, 3.8) is 0 Å². The molecule has 2 N–H and O–H groups in total. The fourth-order valence-corrected chi connectivity index (χ4v) is 3.14. The van der Waals surface area contributed by atoms with Gasteiger partial charge in [-0.25, -0.2) is 0 Å². The molecule has 4 nitrogen and oxygen atoms in total. The van der Waals surface area contributed by atoms with Gasteiger partial charge in [-0.05, 0) is 49.9 Å². The third-order valence-electron chi connectivity index (χ3n) is 4.32. The third kappa shape index (κ3) is 3.97. The number of nitrogens with one attached hydrogen (secondary N) is 2. The van der Waals surface area contributed by atoms with Gasteiger partial charge < -0.3 is 14.7 Å². The lowest BCUT2D eigenvalue weighted by molar-refractivity contribution is -0.142. The number of H-pyrrole nitrogens is 2. The van der Waals surface area contributed by atoms with Crippen molar-refractivity contribution < 1.29 is 9.53 Å². The molecule has 4 heteroatoms. The highest BCUT2D eigenvalue weighted by molar-refractivity contribution is 5.88. The lowest BCUT2D eigenvalue weighted by atomic mass is 10.1. The molecule has 0 fully saturated rings. The van der Waals surface area contributed by atoms with E-state index in [1.54, 1.807) is 0 Å². The number of aromatic amines is 2. The predicted octanol–water partition coefficient (Wildman–Crippen LogP) is 5.06. The molecule has 0 saturated carbocycles. The lowest BCUT2D eigenvalue weighted by Gasteiger charge is -2.01. The highest BCUT2D eigenvalue weighted by Crippen LogP contribution is 2.22. The van der Waals surface area contributed by atoms with Crippen LogP contribution in [-0.4, -0.2) is 22.5 Å². The summed E-state index contributed by atoms with van der Waals surface area (Å²) in [6, 6.07) is 18.4. The first-order valence-corrected chi connectivity index (χ1v) is 8.84. The number of benzene rings is 2. The van der Waals surface area contributed by atoms with E-state index in [0.717, 1.165) is 22.2 Å². The monoisotopic (exact) mass is 348 g/mol. The molecule has 4 aromatic rings. The summed E-state index contributed by atoms with van der Waals surface area (Å²) in [6.07, 6.45) is 0.337. The van der Waals surface area contributed by atoms with Crippen LogP contribution >= 0.6 is 0 Å². The number of aryl methyl sites for hydroxylation is 2. The Labute approximate surface area is 153 Å². The van der Waals surface area contributed by atoms with Crippen molar-refractivity contribution >= 4 is 27.8 Å². The Balaban J connectivity index is 0.000000167. The molecule has 0 atom stereocenters. The minimum atomic E-state index is -0.171. The van der Waals surface area contributed by atoms with Crippen molar-refractivity contribution in [3.8, 4) is 0 Å². The van der Waals surface area contributed by atoms with Crippen molar-refractivity contribution in [2.75, 3.05) is 6.61 Å². The topological polar surface area (TPSA) is 57.9 Å². The van der Waals surface area contributed by atoms with E-state index in [2.05, 4.69) is 41.2 Å². The fourth-order valence-electron chi connectivity index (χ4n) is 3.14. The van der Waals surface area contributed by atoms with Gasteiger partial charge in [0.15, 0.2) is 0 Å². The van der Waals surface area contributed by atoms with Gasteiger partial charge >= 0.3 is 5.97 Å². The molecule has 134 valence electrons. The number of esters is 1. The van der Waals surface area contributed by atoms with Crippen molar-refractivity contribution in [2.45, 2.75) is 27.2 Å². The van der Waals surface area contributed by atoms with E-state index < -0.39 is 0 Å². The summed E-state index contributed by atoms with van der Waals surface area (Å²) >= 11 is 0. The van der Waals surface area contributed by atoms with Crippen molar-refractivity contribution in [1.82, 2.24) is 9.97 Å². The third-order valence-corrected chi connectivity index (χ3v) is 4.32. The molecule has 0 aliphatic heterocycles. The summed E-state index contributed by atoms with van der Waals surface area (Å²) in [4.78, 5) is 18.0. The van der Waals surface area contributed by atoms with Crippen LogP contribution in [0.2, 0.25) is 0 Å². The molecule has 0 radical (unpaired) electrons. The molecule has 2 heterocycles. The van der Waals surface area contributed by atoms with Gasteiger partial charge in [0.25, 0.3) is 0 Å². The summed E-state index contributed by atoms with van der Waals surface area (Å²) in [7, 11) is 0. The van der Waals surface area contributed by atoms with Gasteiger partial charge in [-0.3, -0.25) is 4.79 Å². The number of para-hydroxylation sites is 2. The van der Waals surface area contributed by atoms with Gasteiger partial charge in [0, 0.05) is 27.8 Å². The highest BCUT2D eigenvalue weighted by atomic mass is 16.5. The van der Waals surface area contributed by atoms with E-state index >= 15 is 0 Å². The average molecular weight is 348 g/mol. The number of rotatable bonds is 3. The molecule has 4 rings (SSSR count). The van der Waals surface area contributed by atoms with E-state index in [1.165, 1.54) is 16.6 Å². The molecule has 2 aromatic carbocycles. The minimum Gasteiger partial charge on any atom is -0.466 e. The maximum absolute atomic E-state index is 11.5. The van der Waals surface area contributed by atoms with Gasteiger partial charge in [0.2, 0.25) is 0 Å². The fraction of sp³-hybridized carbons (Fsp3) is 0.227. The molecule has 26 heavy (non-hydrogen) atoms. The maximum atomic E-state index is 11.5. The molecule has 0 bridgehead atoms. The zero-order valence-corrected chi connectivity index (χ0v) is 15.4. The van der Waals surface area contributed by atoms with Gasteiger partial charge in [0.05, 0.1) is 13.0 Å². The second-order valence-corrected chi connectivity index (χ2v) is 6.30. The number of hydrogen-bond acceptors (Lipinski definition) is 2. The van der Waals surface area contributed by atoms with E-state index in [0.29, 0.717) is 13.0 Å². The number of carbonyl (C=O) groups excluding carboxylic acids is 1. The van der Waals surface area contributed by atoms with Gasteiger partial charge in [-0.15, -0.1) is 0 Å². The Bertz CT molecular complexity index is 994. The van der Waals surface area contributed by atoms with Crippen LogP contribution in [0.4, 0.5) is 0 Å². The first-order chi connectivity index (χ1) is 12.6. The molecule has 2 aromatic heterocycles. The molecule has 0 amide bonds. The molecule has 0 aliphatic carbocycles. The SMILES string of the molecule is CCOC(=O)Cc1c(C)[nH]c2ccccc12.Cc1cc2ccccc2[nH]1. The molecular weight excluding hydrogens is 324 g/mol. The second kappa shape index (κ2) is 7.91. The van der Waals surface area contributed by atoms with Crippen molar-refractivity contribution in [3.05, 3.63) is 71.5 Å². The largest absolute Gasteiger partial charge is 0.466 e. The van der Waals surface area contributed by atoms with Crippen LogP contribution in [0.1, 0.15) is 23.9 Å². The van der Waals surface area contributed by atoms with Crippen LogP contribution in [0.15, 0.2) is 54.6 Å². The summed E-state index contributed by atoms with van der Waals surface area (Å²) < 4.78 is 4.97. The highest BCUT2D eigenvalue weighted by Gasteiger charge is 2.12. The van der Waals surface area contributed by atoms with E-state index in [1.807, 2.05) is 44.2 Å². The molecule has 0 unspecified atom stereocenters. The van der Waals surface area contributed by atoms with Crippen LogP contribution in [0, 0.1) is 13.8 Å². The Morgan fingerprint density at radius 1 is 0.962 bits per heavy atom. The van der Waals surface area contributed by atoms with Gasteiger partial charge in [0.1, 0.15) is 0 Å². The summed E-state index contributed by atoms with van der Waals surface area (Å²) in [5.41, 5.74) is 5.59. The molecular formula is C22H24N2O2.